The molecular weight excluding hydrogens is 501 g/mol. The number of piperidine rings is 1. The molecule has 1 saturated carbocycles. The highest BCUT2D eigenvalue weighted by Gasteiger charge is 2.44. The summed E-state index contributed by atoms with van der Waals surface area (Å²) in [6, 6.07) is 3.24. The van der Waals surface area contributed by atoms with Gasteiger partial charge in [0.2, 0.25) is 0 Å². The van der Waals surface area contributed by atoms with E-state index in [4.69, 9.17) is 14.5 Å². The maximum atomic E-state index is 15.1. The molecule has 1 amide bonds. The number of nitrogens with one attached hydrogen (secondary N) is 1. The van der Waals surface area contributed by atoms with Crippen LogP contribution in [-0.2, 0) is 4.74 Å². The van der Waals surface area contributed by atoms with Crippen LogP contribution in [0.4, 0.5) is 20.7 Å². The predicted molar refractivity (Wildman–Crippen MR) is 146 cm³/mol. The van der Waals surface area contributed by atoms with E-state index >= 15 is 4.39 Å². The molecule has 10 nitrogen and oxygen atoms in total. The van der Waals surface area contributed by atoms with Gasteiger partial charge in [-0.05, 0) is 64.5 Å². The number of hydrogen-bond acceptors (Lipinski definition) is 8. The lowest BCUT2D eigenvalue weighted by atomic mass is 9.97. The van der Waals surface area contributed by atoms with Gasteiger partial charge in [0.05, 0.1) is 29.0 Å². The van der Waals surface area contributed by atoms with Gasteiger partial charge in [0.1, 0.15) is 28.7 Å². The number of rotatable bonds is 4. The Balaban J connectivity index is 1.51. The van der Waals surface area contributed by atoms with Crippen LogP contribution in [0.15, 0.2) is 24.5 Å². The molecule has 204 valence electrons. The Morgan fingerprint density at radius 2 is 1.92 bits per heavy atom. The Labute approximate surface area is 225 Å². The number of fused-ring (bicyclic) bond motifs is 5. The fourth-order valence-electron chi connectivity index (χ4n) is 5.76. The van der Waals surface area contributed by atoms with Crippen molar-refractivity contribution in [3.63, 3.8) is 0 Å². The average molecular weight is 534 g/mol. The van der Waals surface area contributed by atoms with Crippen LogP contribution in [0.2, 0.25) is 0 Å². The number of carbonyl (C=O) groups is 1. The third kappa shape index (κ3) is 4.59. The third-order valence-corrected chi connectivity index (χ3v) is 7.63. The van der Waals surface area contributed by atoms with Crippen LogP contribution < -0.4 is 14.5 Å². The van der Waals surface area contributed by atoms with E-state index < -0.39 is 17.5 Å². The lowest BCUT2D eigenvalue weighted by molar-refractivity contribution is 0.0589. The van der Waals surface area contributed by atoms with Crippen molar-refractivity contribution < 1.29 is 18.7 Å². The molecule has 1 aliphatic heterocycles. The van der Waals surface area contributed by atoms with Crippen LogP contribution in [0.3, 0.4) is 0 Å². The number of aryl methyl sites for hydroxylation is 1. The van der Waals surface area contributed by atoms with E-state index in [1.165, 1.54) is 17.0 Å². The zero-order valence-electron chi connectivity index (χ0n) is 22.9. The van der Waals surface area contributed by atoms with Crippen LogP contribution >= 0.6 is 0 Å². The fourth-order valence-corrected chi connectivity index (χ4v) is 5.76. The molecule has 1 N–H and O–H groups in total. The lowest BCUT2D eigenvalue weighted by Gasteiger charge is -2.31. The molecule has 39 heavy (non-hydrogen) atoms. The van der Waals surface area contributed by atoms with E-state index in [0.717, 1.165) is 19.4 Å². The molecule has 2 aliphatic rings. The lowest BCUT2D eigenvalue weighted by Crippen LogP contribution is -2.35. The van der Waals surface area contributed by atoms with Gasteiger partial charge < -0.3 is 19.4 Å². The maximum Gasteiger partial charge on any atom is 0.414 e. The number of aromatic amines is 1. The second kappa shape index (κ2) is 9.03. The number of carbonyl (C=O) groups excluding carboxylic acids is 1. The van der Waals surface area contributed by atoms with E-state index in [0.29, 0.717) is 62.9 Å². The quantitative estimate of drug-likeness (QED) is 0.353. The molecule has 3 aromatic heterocycles. The summed E-state index contributed by atoms with van der Waals surface area (Å²) in [7, 11) is 1.56. The first-order chi connectivity index (χ1) is 18.5. The number of ether oxygens (including phenoxy) is 2. The summed E-state index contributed by atoms with van der Waals surface area (Å²) < 4.78 is 26.6. The summed E-state index contributed by atoms with van der Waals surface area (Å²) in [6.45, 7) is 10.3. The van der Waals surface area contributed by atoms with Crippen molar-refractivity contribution in [1.82, 2.24) is 24.9 Å². The Morgan fingerprint density at radius 3 is 2.56 bits per heavy atom. The highest BCUT2D eigenvalue weighted by Crippen LogP contribution is 2.47. The molecule has 6 rings (SSSR count). The summed E-state index contributed by atoms with van der Waals surface area (Å²) in [6.07, 6.45) is 4.72. The highest BCUT2D eigenvalue weighted by atomic mass is 19.1. The first-order valence-electron chi connectivity index (χ1n) is 13.2. The van der Waals surface area contributed by atoms with Gasteiger partial charge in [0, 0.05) is 25.0 Å². The van der Waals surface area contributed by atoms with Crippen LogP contribution in [0.5, 0.6) is 11.8 Å². The van der Waals surface area contributed by atoms with Crippen molar-refractivity contribution in [2.75, 3.05) is 23.4 Å². The first kappa shape index (κ1) is 25.3. The van der Waals surface area contributed by atoms with Gasteiger partial charge >= 0.3 is 12.1 Å². The second-order valence-corrected chi connectivity index (χ2v) is 11.6. The Bertz CT molecular complexity index is 1580. The molecule has 2 fully saturated rings. The van der Waals surface area contributed by atoms with Crippen molar-refractivity contribution in [1.29, 1.82) is 0 Å². The zero-order valence-corrected chi connectivity index (χ0v) is 22.9. The average Bonchev–Trinajstić information content (AvgIpc) is 3.55. The number of amides is 1. The molecule has 0 unspecified atom stereocenters. The molecule has 1 aliphatic carbocycles. The van der Waals surface area contributed by atoms with Crippen LogP contribution in [0.25, 0.3) is 21.9 Å². The number of halogens is 1. The predicted octanol–water partition coefficient (Wildman–Crippen LogP) is 5.75. The van der Waals surface area contributed by atoms with Crippen molar-refractivity contribution in [3.05, 3.63) is 36.2 Å². The minimum Gasteiger partial charge on any atom is -0.443 e. The van der Waals surface area contributed by atoms with Crippen LogP contribution in [-0.4, -0.2) is 56.2 Å². The smallest absolute Gasteiger partial charge is 0.414 e. The SMILES string of the molecule is Cc1ncc(Oc2nc(N3C[C@H]4C[C@@H]3C[C@H]4C)c3c(n2)[nH]c2c(N(C)C(=O)OC(C)(C)C)cc(F)cc23)cn1. The molecule has 4 heterocycles. The summed E-state index contributed by atoms with van der Waals surface area (Å²) in [5, 5.41) is 1.28. The largest absolute Gasteiger partial charge is 0.443 e. The monoisotopic (exact) mass is 533 g/mol. The molecule has 3 atom stereocenters. The molecule has 4 aromatic rings. The van der Waals surface area contributed by atoms with Gasteiger partial charge in [-0.3, -0.25) is 4.90 Å². The zero-order chi connectivity index (χ0) is 27.6. The minimum absolute atomic E-state index is 0.134. The van der Waals surface area contributed by atoms with Gasteiger partial charge in [-0.15, -0.1) is 0 Å². The first-order valence-corrected chi connectivity index (χ1v) is 13.2. The van der Waals surface area contributed by atoms with Crippen molar-refractivity contribution in [2.45, 2.75) is 59.1 Å². The van der Waals surface area contributed by atoms with Gasteiger partial charge in [0.15, 0.2) is 5.75 Å². The molecule has 1 saturated heterocycles. The summed E-state index contributed by atoms with van der Waals surface area (Å²) >= 11 is 0. The standard InChI is InChI=1S/C28H32FN7O3/c1-14-7-18-8-16(14)13-36(18)25-22-20-9-17(29)10-21(35(6)27(37)39-28(3,4)5)23(20)32-24(22)33-26(34-25)38-19-11-30-15(2)31-12-19/h9-12,14,16,18H,7-8,13H2,1-6H3,(H,32,33,34)/t14-,16-,18+/m1/s1. The van der Waals surface area contributed by atoms with E-state index in [1.54, 1.807) is 47.1 Å². The van der Waals surface area contributed by atoms with Crippen molar-refractivity contribution in [3.8, 4) is 11.8 Å². The molecule has 2 bridgehead atoms. The Hall–Kier alpha value is -4.02. The molecule has 0 radical (unpaired) electrons. The number of benzene rings is 1. The number of aromatic nitrogens is 5. The number of H-pyrrole nitrogens is 1. The van der Waals surface area contributed by atoms with Gasteiger partial charge in [-0.25, -0.2) is 19.2 Å². The third-order valence-electron chi connectivity index (χ3n) is 7.63. The second-order valence-electron chi connectivity index (χ2n) is 11.6. The molecule has 0 spiro atoms. The van der Waals surface area contributed by atoms with Gasteiger partial charge in [-0.1, -0.05) is 6.92 Å². The van der Waals surface area contributed by atoms with E-state index in [9.17, 15) is 4.79 Å². The van der Waals surface area contributed by atoms with Crippen LogP contribution in [0.1, 0.15) is 46.4 Å². The van der Waals surface area contributed by atoms with Gasteiger partial charge in [-0.2, -0.15) is 9.97 Å². The fraction of sp³-hybridized carbons (Fsp3) is 0.464. The highest BCUT2D eigenvalue weighted by molar-refractivity contribution is 6.16. The number of nitrogens with zero attached hydrogens (tertiary/aromatic N) is 6. The normalized spacial score (nSPS) is 20.7. The maximum absolute atomic E-state index is 15.1. The minimum atomic E-state index is -0.699. The topological polar surface area (TPSA) is 109 Å². The molecule has 11 heteroatoms. The van der Waals surface area contributed by atoms with Crippen molar-refractivity contribution in [2.24, 2.45) is 11.8 Å². The van der Waals surface area contributed by atoms with Gasteiger partial charge in [0.25, 0.3) is 0 Å². The van der Waals surface area contributed by atoms with Crippen LogP contribution in [0, 0.1) is 24.6 Å². The summed E-state index contributed by atoms with van der Waals surface area (Å²) in [5.41, 5.74) is 0.686. The number of hydrogen-bond donors (Lipinski definition) is 1. The number of anilines is 2. The molecular formula is C28H32FN7O3. The summed E-state index contributed by atoms with van der Waals surface area (Å²) in [5.74, 6) is 2.47. The van der Waals surface area contributed by atoms with Crippen molar-refractivity contribution >= 4 is 39.5 Å². The Morgan fingerprint density at radius 1 is 1.18 bits per heavy atom. The Kier molecular flexibility index (Phi) is 5.85. The summed E-state index contributed by atoms with van der Waals surface area (Å²) in [4.78, 5) is 37.7. The molecule has 1 aromatic carbocycles. The van der Waals surface area contributed by atoms with E-state index in [-0.39, 0.29) is 6.01 Å². The van der Waals surface area contributed by atoms with E-state index in [2.05, 4.69) is 31.8 Å². The van der Waals surface area contributed by atoms with E-state index in [1.807, 2.05) is 0 Å².